The number of methoxy groups -OCH3 is 2. The minimum atomic E-state index is -0.559. The summed E-state index contributed by atoms with van der Waals surface area (Å²) in [7, 11) is 4.91. The number of amides is 1. The van der Waals surface area contributed by atoms with Crippen LogP contribution in [-0.4, -0.2) is 29.7 Å². The maximum Gasteiger partial charge on any atom is 0.252 e. The number of imidazole rings is 1. The molecule has 0 aliphatic carbocycles. The molecule has 156 valence electrons. The van der Waals surface area contributed by atoms with Crippen molar-refractivity contribution in [3.05, 3.63) is 83.2 Å². The van der Waals surface area contributed by atoms with Gasteiger partial charge in [0.1, 0.15) is 17.7 Å². The summed E-state index contributed by atoms with van der Waals surface area (Å²) in [5.74, 6) is 0.961. The molecule has 0 saturated heterocycles. The van der Waals surface area contributed by atoms with Gasteiger partial charge in [0.15, 0.2) is 11.5 Å². The Morgan fingerprint density at radius 2 is 1.93 bits per heavy atom. The summed E-state index contributed by atoms with van der Waals surface area (Å²) in [4.78, 5) is 17.6. The van der Waals surface area contributed by atoms with Crippen LogP contribution in [0.25, 0.3) is 6.08 Å². The van der Waals surface area contributed by atoms with Gasteiger partial charge in [0.25, 0.3) is 5.91 Å². The first-order valence-electron chi connectivity index (χ1n) is 9.40. The molecule has 2 aromatic carbocycles. The largest absolute Gasteiger partial charge is 0.493 e. The molecule has 1 heterocycles. The maximum atomic E-state index is 13.4. The molecule has 1 unspecified atom stereocenters. The fourth-order valence-electron chi connectivity index (χ4n) is 3.25. The highest BCUT2D eigenvalue weighted by Crippen LogP contribution is 2.34. The summed E-state index contributed by atoms with van der Waals surface area (Å²) in [6.45, 7) is 1.88. The number of nitrogens with zero attached hydrogens (tertiary/aromatic N) is 2. The van der Waals surface area contributed by atoms with Crippen LogP contribution in [0.4, 0.5) is 4.39 Å². The molecule has 0 aliphatic heterocycles. The van der Waals surface area contributed by atoms with Gasteiger partial charge in [-0.2, -0.15) is 0 Å². The number of rotatable bonds is 7. The molecule has 0 radical (unpaired) electrons. The zero-order chi connectivity index (χ0) is 21.7. The first-order valence-corrected chi connectivity index (χ1v) is 9.40. The van der Waals surface area contributed by atoms with E-state index < -0.39 is 6.04 Å². The van der Waals surface area contributed by atoms with E-state index in [1.165, 1.54) is 19.2 Å². The smallest absolute Gasteiger partial charge is 0.252 e. The molecule has 0 bridgehead atoms. The monoisotopic (exact) mass is 409 g/mol. The summed E-state index contributed by atoms with van der Waals surface area (Å²) < 4.78 is 26.1. The Bertz CT molecular complexity index is 1060. The highest BCUT2D eigenvalue weighted by atomic mass is 19.1. The third-order valence-corrected chi connectivity index (χ3v) is 4.71. The summed E-state index contributed by atoms with van der Waals surface area (Å²) in [5.41, 5.74) is 1.84. The standard InChI is InChI=1S/C23H24FN3O3/c1-5-6-16-13-17(14-19(29-3)21(16)30-4)23(28)26-20(22-25-11-12-27(22)2)15-7-9-18(24)10-8-15/h5-14,20H,1-4H3,(H,26,28). The molecule has 0 saturated carbocycles. The van der Waals surface area contributed by atoms with Crippen LogP contribution < -0.4 is 14.8 Å². The van der Waals surface area contributed by atoms with E-state index in [2.05, 4.69) is 10.3 Å². The molecule has 1 aromatic heterocycles. The molecule has 30 heavy (non-hydrogen) atoms. The van der Waals surface area contributed by atoms with Crippen molar-refractivity contribution >= 4 is 12.0 Å². The van der Waals surface area contributed by atoms with E-state index in [0.29, 0.717) is 28.5 Å². The van der Waals surface area contributed by atoms with Crippen LogP contribution in [0.1, 0.15) is 40.3 Å². The van der Waals surface area contributed by atoms with Crippen molar-refractivity contribution in [3.63, 3.8) is 0 Å². The van der Waals surface area contributed by atoms with Gasteiger partial charge in [0, 0.05) is 30.6 Å². The Morgan fingerprint density at radius 1 is 1.20 bits per heavy atom. The number of nitrogens with one attached hydrogen (secondary N) is 1. The molecular weight excluding hydrogens is 385 g/mol. The molecule has 3 rings (SSSR count). The van der Waals surface area contributed by atoms with Crippen molar-refractivity contribution in [2.45, 2.75) is 13.0 Å². The molecular formula is C23H24FN3O3. The predicted molar refractivity (Wildman–Crippen MR) is 113 cm³/mol. The summed E-state index contributed by atoms with van der Waals surface area (Å²) in [5, 5.41) is 3.01. The van der Waals surface area contributed by atoms with Gasteiger partial charge >= 0.3 is 0 Å². The van der Waals surface area contributed by atoms with E-state index in [1.807, 2.05) is 30.7 Å². The minimum Gasteiger partial charge on any atom is -0.493 e. The van der Waals surface area contributed by atoms with Crippen LogP contribution in [0.15, 0.2) is 54.9 Å². The second kappa shape index (κ2) is 9.26. The first kappa shape index (κ1) is 21.1. The summed E-state index contributed by atoms with van der Waals surface area (Å²) in [6.07, 6.45) is 7.14. The average molecular weight is 409 g/mol. The number of aryl methyl sites for hydroxylation is 1. The Kier molecular flexibility index (Phi) is 6.51. The van der Waals surface area contributed by atoms with Gasteiger partial charge in [-0.05, 0) is 36.8 Å². The van der Waals surface area contributed by atoms with Crippen LogP contribution in [0.2, 0.25) is 0 Å². The first-order chi connectivity index (χ1) is 14.5. The van der Waals surface area contributed by atoms with E-state index in [1.54, 1.807) is 43.8 Å². The molecule has 6 nitrogen and oxygen atoms in total. The lowest BCUT2D eigenvalue weighted by atomic mass is 10.0. The number of carbonyl (C=O) groups is 1. The molecule has 1 amide bonds. The molecule has 0 fully saturated rings. The number of carbonyl (C=O) groups excluding carboxylic acids is 1. The Hall–Kier alpha value is -3.61. The van der Waals surface area contributed by atoms with Gasteiger partial charge < -0.3 is 19.4 Å². The molecule has 1 N–H and O–H groups in total. The second-order valence-corrected chi connectivity index (χ2v) is 6.66. The normalized spacial score (nSPS) is 12.0. The SMILES string of the molecule is CC=Cc1cc(C(=O)NC(c2ccc(F)cc2)c2nccn2C)cc(OC)c1OC. The number of halogens is 1. The van der Waals surface area contributed by atoms with Gasteiger partial charge in [-0.15, -0.1) is 0 Å². The Labute approximate surface area is 175 Å². The van der Waals surface area contributed by atoms with E-state index in [4.69, 9.17) is 9.47 Å². The number of hydrogen-bond acceptors (Lipinski definition) is 4. The van der Waals surface area contributed by atoms with E-state index in [-0.39, 0.29) is 11.7 Å². The van der Waals surface area contributed by atoms with Crippen LogP contribution in [-0.2, 0) is 7.05 Å². The van der Waals surface area contributed by atoms with Crippen LogP contribution in [0.3, 0.4) is 0 Å². The summed E-state index contributed by atoms with van der Waals surface area (Å²) >= 11 is 0. The van der Waals surface area contributed by atoms with Gasteiger partial charge in [-0.3, -0.25) is 4.79 Å². The van der Waals surface area contributed by atoms with E-state index >= 15 is 0 Å². The minimum absolute atomic E-state index is 0.320. The third kappa shape index (κ3) is 4.35. The van der Waals surface area contributed by atoms with Gasteiger partial charge in [-0.25, -0.2) is 9.37 Å². The van der Waals surface area contributed by atoms with Crippen LogP contribution in [0, 0.1) is 5.82 Å². The van der Waals surface area contributed by atoms with Crippen molar-refractivity contribution in [2.75, 3.05) is 14.2 Å². The number of ether oxygens (including phenoxy) is 2. The van der Waals surface area contributed by atoms with Crippen molar-refractivity contribution in [3.8, 4) is 11.5 Å². The van der Waals surface area contributed by atoms with Gasteiger partial charge in [-0.1, -0.05) is 24.3 Å². The number of aromatic nitrogens is 2. The van der Waals surface area contributed by atoms with Gasteiger partial charge in [0.05, 0.1) is 14.2 Å². The Balaban J connectivity index is 2.01. The maximum absolute atomic E-state index is 13.4. The predicted octanol–water partition coefficient (Wildman–Crippen LogP) is 4.13. The topological polar surface area (TPSA) is 65.4 Å². The van der Waals surface area contributed by atoms with Crippen molar-refractivity contribution in [2.24, 2.45) is 7.05 Å². The molecule has 3 aromatic rings. The summed E-state index contributed by atoms with van der Waals surface area (Å²) in [6, 6.07) is 8.79. The fraction of sp³-hybridized carbons (Fsp3) is 0.217. The van der Waals surface area contributed by atoms with Crippen molar-refractivity contribution in [1.82, 2.24) is 14.9 Å². The highest BCUT2D eigenvalue weighted by molar-refractivity contribution is 5.96. The number of hydrogen-bond donors (Lipinski definition) is 1. The zero-order valence-corrected chi connectivity index (χ0v) is 17.3. The number of allylic oxidation sites excluding steroid dienone is 1. The van der Waals surface area contributed by atoms with Crippen molar-refractivity contribution < 1.29 is 18.7 Å². The Morgan fingerprint density at radius 3 is 2.50 bits per heavy atom. The average Bonchev–Trinajstić information content (AvgIpc) is 3.17. The zero-order valence-electron chi connectivity index (χ0n) is 17.3. The lowest BCUT2D eigenvalue weighted by Gasteiger charge is -2.20. The molecule has 0 spiro atoms. The highest BCUT2D eigenvalue weighted by Gasteiger charge is 2.23. The lowest BCUT2D eigenvalue weighted by Crippen LogP contribution is -2.31. The van der Waals surface area contributed by atoms with Crippen LogP contribution in [0.5, 0.6) is 11.5 Å². The molecule has 0 aliphatic rings. The van der Waals surface area contributed by atoms with Gasteiger partial charge in [0.2, 0.25) is 0 Å². The third-order valence-electron chi connectivity index (χ3n) is 4.71. The fourth-order valence-corrected chi connectivity index (χ4v) is 3.25. The molecule has 7 heteroatoms. The molecule has 1 atom stereocenters. The van der Waals surface area contributed by atoms with Crippen molar-refractivity contribution in [1.29, 1.82) is 0 Å². The second-order valence-electron chi connectivity index (χ2n) is 6.66. The van der Waals surface area contributed by atoms with E-state index in [0.717, 1.165) is 5.56 Å². The van der Waals surface area contributed by atoms with E-state index in [9.17, 15) is 9.18 Å². The quantitative estimate of drug-likeness (QED) is 0.637. The lowest BCUT2D eigenvalue weighted by molar-refractivity contribution is 0.0940. The van der Waals surface area contributed by atoms with Crippen LogP contribution >= 0.6 is 0 Å². The number of benzene rings is 2.